The van der Waals surface area contributed by atoms with Crippen LogP contribution in [0, 0.1) is 7.14 Å². The molecular weight excluding hydrogens is 675 g/mol. The second kappa shape index (κ2) is 9.99. The lowest BCUT2D eigenvalue weighted by atomic mass is 10.2. The molecule has 0 spiro atoms. The first-order valence-corrected chi connectivity index (χ1v) is 11.7. The topological polar surface area (TPSA) is 75.7 Å². The van der Waals surface area contributed by atoms with Gasteiger partial charge in [-0.05, 0) is 98.9 Å². The highest BCUT2D eigenvalue weighted by Gasteiger charge is 2.36. The number of anilines is 1. The average molecular weight is 688 g/mol. The second-order valence-corrected chi connectivity index (χ2v) is 9.73. The van der Waals surface area contributed by atoms with Crippen LogP contribution in [0.5, 0.6) is 5.75 Å². The minimum atomic E-state index is -4.56. The van der Waals surface area contributed by atoms with Gasteiger partial charge in [0.05, 0.1) is 24.7 Å². The summed E-state index contributed by atoms with van der Waals surface area (Å²) in [5.74, 6) is -0.746. The van der Waals surface area contributed by atoms with Gasteiger partial charge in [-0.25, -0.2) is 0 Å². The zero-order valence-electron chi connectivity index (χ0n) is 16.1. The summed E-state index contributed by atoms with van der Waals surface area (Å²) in [4.78, 5) is 38.1. The van der Waals surface area contributed by atoms with E-state index in [1.54, 1.807) is 25.3 Å². The van der Waals surface area contributed by atoms with Crippen molar-refractivity contribution in [3.63, 3.8) is 0 Å². The molecule has 168 valence electrons. The van der Waals surface area contributed by atoms with Crippen molar-refractivity contribution in [2.24, 2.45) is 0 Å². The van der Waals surface area contributed by atoms with Crippen LogP contribution in [0.3, 0.4) is 0 Å². The van der Waals surface area contributed by atoms with Crippen LogP contribution in [0.4, 0.5) is 23.7 Å². The number of carbonyl (C=O) groups is 3. The zero-order valence-corrected chi connectivity index (χ0v) is 21.3. The van der Waals surface area contributed by atoms with Crippen molar-refractivity contribution in [2.45, 2.75) is 6.18 Å². The number of hydrogen-bond donors (Lipinski definition) is 1. The molecule has 1 heterocycles. The molecule has 3 rings (SSSR count). The van der Waals surface area contributed by atoms with Crippen molar-refractivity contribution < 1.29 is 32.3 Å². The molecule has 1 aliphatic rings. The lowest BCUT2D eigenvalue weighted by Crippen LogP contribution is -2.36. The van der Waals surface area contributed by atoms with E-state index in [2.05, 4.69) is 50.5 Å². The molecule has 0 aliphatic carbocycles. The fourth-order valence-corrected chi connectivity index (χ4v) is 5.86. The molecule has 32 heavy (non-hydrogen) atoms. The van der Waals surface area contributed by atoms with Gasteiger partial charge in [-0.2, -0.15) is 13.2 Å². The average Bonchev–Trinajstić information content (AvgIpc) is 2.94. The first-order chi connectivity index (χ1) is 15.0. The van der Waals surface area contributed by atoms with Gasteiger partial charge < -0.3 is 10.1 Å². The highest BCUT2D eigenvalue weighted by atomic mass is 127. The van der Waals surface area contributed by atoms with Crippen LogP contribution in [0.2, 0.25) is 0 Å². The van der Waals surface area contributed by atoms with Gasteiger partial charge in [0.15, 0.2) is 0 Å². The summed E-state index contributed by atoms with van der Waals surface area (Å²) in [6, 6.07) is 7.66. The van der Waals surface area contributed by atoms with Crippen LogP contribution in [0.1, 0.15) is 11.1 Å². The van der Waals surface area contributed by atoms with E-state index in [1.807, 2.05) is 0 Å². The van der Waals surface area contributed by atoms with Crippen LogP contribution >= 0.6 is 56.9 Å². The van der Waals surface area contributed by atoms with Crippen LogP contribution in [-0.2, 0) is 15.8 Å². The van der Waals surface area contributed by atoms with E-state index in [1.165, 1.54) is 6.07 Å². The predicted octanol–water partition coefficient (Wildman–Crippen LogP) is 5.60. The molecule has 1 aliphatic heterocycles. The first kappa shape index (κ1) is 24.8. The van der Waals surface area contributed by atoms with E-state index in [4.69, 9.17) is 4.74 Å². The summed E-state index contributed by atoms with van der Waals surface area (Å²) in [6.45, 7) is -0.615. The number of benzene rings is 2. The molecule has 2 aromatic rings. The fraction of sp³-hybridized carbons (Fsp3) is 0.150. The van der Waals surface area contributed by atoms with Crippen LogP contribution in [0.25, 0.3) is 6.08 Å². The maximum atomic E-state index is 12.8. The third-order valence-electron chi connectivity index (χ3n) is 4.17. The normalized spacial score (nSPS) is 15.4. The monoisotopic (exact) mass is 688 g/mol. The van der Waals surface area contributed by atoms with E-state index in [-0.39, 0.29) is 10.6 Å². The molecule has 0 radical (unpaired) electrons. The van der Waals surface area contributed by atoms with Gasteiger partial charge in [0.1, 0.15) is 12.3 Å². The Balaban J connectivity index is 1.73. The molecule has 0 aromatic heterocycles. The lowest BCUT2D eigenvalue weighted by molar-refractivity contribution is -0.137. The lowest BCUT2D eigenvalue weighted by Gasteiger charge is -2.13. The van der Waals surface area contributed by atoms with Gasteiger partial charge in [-0.1, -0.05) is 6.07 Å². The van der Waals surface area contributed by atoms with Gasteiger partial charge in [0.25, 0.3) is 11.1 Å². The number of carbonyl (C=O) groups excluding carboxylic acids is 3. The van der Waals surface area contributed by atoms with Crippen LogP contribution < -0.4 is 10.1 Å². The van der Waals surface area contributed by atoms with Gasteiger partial charge in [0.2, 0.25) is 5.91 Å². The molecule has 0 atom stereocenters. The largest absolute Gasteiger partial charge is 0.495 e. The summed E-state index contributed by atoms with van der Waals surface area (Å²) in [7, 11) is 1.55. The van der Waals surface area contributed by atoms with Gasteiger partial charge in [0, 0.05) is 5.69 Å². The van der Waals surface area contributed by atoms with E-state index in [9.17, 15) is 27.6 Å². The van der Waals surface area contributed by atoms with Gasteiger partial charge in [-0.3, -0.25) is 19.3 Å². The predicted molar refractivity (Wildman–Crippen MR) is 131 cm³/mol. The smallest absolute Gasteiger partial charge is 0.416 e. The van der Waals surface area contributed by atoms with E-state index >= 15 is 0 Å². The number of imide groups is 1. The molecule has 0 bridgehead atoms. The Kier molecular flexibility index (Phi) is 7.75. The number of halogens is 5. The fourth-order valence-electron chi connectivity index (χ4n) is 2.76. The number of ether oxygens (including phenoxy) is 1. The Labute approximate surface area is 212 Å². The summed E-state index contributed by atoms with van der Waals surface area (Å²) in [6.07, 6.45) is -3.02. The Morgan fingerprint density at radius 1 is 1.19 bits per heavy atom. The maximum Gasteiger partial charge on any atom is 0.416 e. The SMILES string of the molecule is COc1c(I)cc(/C=C2\SC(=O)N(CC(=O)Nc3cccc(C(F)(F)F)c3)C2=O)cc1I. The molecule has 0 saturated carbocycles. The van der Waals surface area contributed by atoms with Crippen molar-refractivity contribution >= 4 is 85.8 Å². The number of amides is 3. The van der Waals surface area contributed by atoms with Crippen LogP contribution in [0.15, 0.2) is 41.3 Å². The molecule has 0 unspecified atom stereocenters. The number of alkyl halides is 3. The van der Waals surface area contributed by atoms with Crippen LogP contribution in [-0.4, -0.2) is 35.6 Å². The third-order valence-corrected chi connectivity index (χ3v) is 6.68. The molecular formula is C20H13F3I2N2O4S. The zero-order chi connectivity index (χ0) is 23.6. The van der Waals surface area contributed by atoms with Crippen molar-refractivity contribution in [1.82, 2.24) is 4.90 Å². The van der Waals surface area contributed by atoms with Crippen molar-refractivity contribution in [3.8, 4) is 5.75 Å². The maximum absolute atomic E-state index is 12.8. The molecule has 1 N–H and O–H groups in total. The Hall–Kier alpha value is -1.81. The highest BCUT2D eigenvalue weighted by Crippen LogP contribution is 2.35. The van der Waals surface area contributed by atoms with E-state index < -0.39 is 35.3 Å². The molecule has 1 fully saturated rings. The van der Waals surface area contributed by atoms with Gasteiger partial charge in [-0.15, -0.1) is 0 Å². The number of nitrogens with zero attached hydrogens (tertiary/aromatic N) is 1. The number of methoxy groups -OCH3 is 1. The number of nitrogens with one attached hydrogen (secondary N) is 1. The summed E-state index contributed by atoms with van der Waals surface area (Å²) < 4.78 is 45.4. The Morgan fingerprint density at radius 2 is 1.84 bits per heavy atom. The second-order valence-electron chi connectivity index (χ2n) is 6.41. The molecule has 1 saturated heterocycles. The van der Waals surface area contributed by atoms with E-state index in [0.717, 1.165) is 30.2 Å². The highest BCUT2D eigenvalue weighted by molar-refractivity contribution is 14.1. The standard InChI is InChI=1S/C20H13F3I2N2O4S/c1-31-17-13(24)5-10(6-14(17)25)7-15-18(29)27(19(30)32-15)9-16(28)26-12-4-2-3-11(8-12)20(21,22)23/h2-8H,9H2,1H3,(H,26,28)/b15-7-. The Bertz CT molecular complexity index is 1120. The van der Waals surface area contributed by atoms with E-state index in [0.29, 0.717) is 23.1 Å². The minimum Gasteiger partial charge on any atom is -0.495 e. The number of thioether (sulfide) groups is 1. The third kappa shape index (κ3) is 5.75. The van der Waals surface area contributed by atoms with Crippen molar-refractivity contribution in [1.29, 1.82) is 0 Å². The summed E-state index contributed by atoms with van der Waals surface area (Å²) in [5.41, 5.74) is -0.332. The van der Waals surface area contributed by atoms with Gasteiger partial charge >= 0.3 is 6.18 Å². The van der Waals surface area contributed by atoms with Crippen molar-refractivity contribution in [2.75, 3.05) is 19.0 Å². The summed E-state index contributed by atoms with van der Waals surface area (Å²) in [5, 5.41) is 1.64. The molecule has 2 aromatic carbocycles. The van der Waals surface area contributed by atoms with Crippen molar-refractivity contribution in [3.05, 3.63) is 59.6 Å². The summed E-state index contributed by atoms with van der Waals surface area (Å²) >= 11 is 4.87. The number of rotatable bonds is 5. The quantitative estimate of drug-likeness (QED) is 0.328. The molecule has 12 heteroatoms. The molecule has 3 amide bonds. The Morgan fingerprint density at radius 3 is 2.44 bits per heavy atom. The minimum absolute atomic E-state index is 0.0882. The molecule has 6 nitrogen and oxygen atoms in total. The number of hydrogen-bond acceptors (Lipinski definition) is 5. The first-order valence-electron chi connectivity index (χ1n) is 8.75.